The molecule has 170 valence electrons. The van der Waals surface area contributed by atoms with Crippen molar-refractivity contribution in [2.45, 2.75) is 38.9 Å². The zero-order chi connectivity index (χ0) is 22.9. The molecule has 1 amide bonds. The van der Waals surface area contributed by atoms with E-state index in [0.717, 1.165) is 38.3 Å². The number of benzene rings is 2. The van der Waals surface area contributed by atoms with Crippen LogP contribution in [0.3, 0.4) is 0 Å². The van der Waals surface area contributed by atoms with Crippen LogP contribution in [0.15, 0.2) is 54.6 Å². The highest BCUT2D eigenvalue weighted by Crippen LogP contribution is 2.25. The van der Waals surface area contributed by atoms with Crippen LogP contribution in [0.2, 0.25) is 0 Å². The Morgan fingerprint density at radius 3 is 2.34 bits per heavy atom. The second-order valence-corrected chi connectivity index (χ2v) is 8.09. The number of carbonyl (C=O) groups is 1. The third kappa shape index (κ3) is 5.48. The van der Waals surface area contributed by atoms with Crippen LogP contribution >= 0.6 is 0 Å². The number of hydrogen-bond acceptors (Lipinski definition) is 5. The van der Waals surface area contributed by atoms with Gasteiger partial charge in [0.15, 0.2) is 0 Å². The van der Waals surface area contributed by atoms with Gasteiger partial charge in [-0.25, -0.2) is 0 Å². The molecule has 1 N–H and O–H groups in total. The Balaban J connectivity index is 0.00000141. The van der Waals surface area contributed by atoms with E-state index in [1.165, 1.54) is 5.56 Å². The van der Waals surface area contributed by atoms with Crippen molar-refractivity contribution in [3.63, 3.8) is 0 Å². The number of nitrogens with one attached hydrogen (secondary N) is 1. The van der Waals surface area contributed by atoms with Gasteiger partial charge < -0.3 is 15.1 Å². The Kier molecular flexibility index (Phi) is 8.66. The summed E-state index contributed by atoms with van der Waals surface area (Å²) in [4.78, 5) is 20.0. The molecular weight excluding hydrogens is 398 g/mol. The minimum absolute atomic E-state index is 0.0828. The first-order valence-electron chi connectivity index (χ1n) is 11.7. The van der Waals surface area contributed by atoms with Crippen molar-refractivity contribution in [3.8, 4) is 6.07 Å². The summed E-state index contributed by atoms with van der Waals surface area (Å²) < 4.78 is 0. The first-order chi connectivity index (χ1) is 15.7. The fraction of sp³-hybridized carbons (Fsp3) is 0.462. The van der Waals surface area contributed by atoms with Crippen molar-refractivity contribution in [1.29, 1.82) is 5.26 Å². The molecular formula is C26H35N5O. The van der Waals surface area contributed by atoms with E-state index >= 15 is 0 Å². The number of likely N-dealkylation sites (N-methyl/N-ethyl adjacent to an activating group) is 1. The fourth-order valence-corrected chi connectivity index (χ4v) is 4.58. The first kappa shape index (κ1) is 23.8. The van der Waals surface area contributed by atoms with Gasteiger partial charge >= 0.3 is 0 Å². The average molecular weight is 434 g/mol. The van der Waals surface area contributed by atoms with Crippen LogP contribution in [-0.2, 0) is 11.3 Å². The number of rotatable bonds is 5. The number of amides is 1. The number of nitrogens with zero attached hydrogens (tertiary/aromatic N) is 4. The average Bonchev–Trinajstić information content (AvgIpc) is 3.28. The fourth-order valence-electron chi connectivity index (χ4n) is 4.58. The second kappa shape index (κ2) is 11.7. The van der Waals surface area contributed by atoms with E-state index in [1.54, 1.807) is 0 Å². The number of hydrogen-bond donors (Lipinski definition) is 1. The molecule has 2 heterocycles. The van der Waals surface area contributed by atoms with Gasteiger partial charge in [-0.3, -0.25) is 9.69 Å². The largest absolute Gasteiger partial charge is 0.367 e. The predicted molar refractivity (Wildman–Crippen MR) is 129 cm³/mol. The van der Waals surface area contributed by atoms with Crippen LogP contribution in [0.5, 0.6) is 0 Å². The maximum Gasteiger partial charge on any atom is 0.240 e. The minimum Gasteiger partial charge on any atom is -0.367 e. The topological polar surface area (TPSA) is 62.6 Å². The van der Waals surface area contributed by atoms with Gasteiger partial charge in [0.25, 0.3) is 0 Å². The highest BCUT2D eigenvalue weighted by Gasteiger charge is 2.38. The molecule has 2 aromatic rings. The van der Waals surface area contributed by atoms with E-state index in [2.05, 4.69) is 45.5 Å². The predicted octanol–water partition coefficient (Wildman–Crippen LogP) is 3.10. The third-order valence-electron chi connectivity index (χ3n) is 6.28. The summed E-state index contributed by atoms with van der Waals surface area (Å²) >= 11 is 0. The summed E-state index contributed by atoms with van der Waals surface area (Å²) in [5, 5.41) is 12.7. The Bertz CT molecular complexity index is 902. The zero-order valence-electron chi connectivity index (χ0n) is 19.5. The molecule has 0 radical (unpaired) electrons. The molecule has 2 fully saturated rings. The molecule has 2 aliphatic rings. The van der Waals surface area contributed by atoms with E-state index in [1.807, 2.05) is 56.1 Å². The summed E-state index contributed by atoms with van der Waals surface area (Å²) in [5.74, 6) is 0.233. The lowest BCUT2D eigenvalue weighted by Gasteiger charge is -2.38. The van der Waals surface area contributed by atoms with Gasteiger partial charge in [-0.05, 0) is 31.2 Å². The molecule has 0 aromatic heterocycles. The molecule has 6 heteroatoms. The Hall–Kier alpha value is -2.88. The zero-order valence-corrected chi connectivity index (χ0v) is 19.5. The Labute approximate surface area is 192 Å². The Morgan fingerprint density at radius 1 is 1.03 bits per heavy atom. The summed E-state index contributed by atoms with van der Waals surface area (Å²) in [5.41, 5.74) is 2.90. The van der Waals surface area contributed by atoms with Crippen LogP contribution < -0.4 is 10.2 Å². The smallest absolute Gasteiger partial charge is 0.240 e. The number of piperazine rings is 1. The summed E-state index contributed by atoms with van der Waals surface area (Å²) in [6, 6.07) is 20.6. The number of likely N-dealkylation sites (tertiary alicyclic amines) is 1. The quantitative estimate of drug-likeness (QED) is 0.785. The summed E-state index contributed by atoms with van der Waals surface area (Å²) in [6.07, 6.45) is 0.847. The minimum atomic E-state index is -0.0828. The number of para-hydroxylation sites is 1. The van der Waals surface area contributed by atoms with Gasteiger partial charge in [0.05, 0.1) is 17.3 Å². The molecule has 2 aliphatic heterocycles. The molecule has 0 saturated carbocycles. The molecule has 32 heavy (non-hydrogen) atoms. The van der Waals surface area contributed by atoms with Crippen molar-refractivity contribution >= 4 is 11.6 Å². The highest BCUT2D eigenvalue weighted by atomic mass is 16.2. The molecule has 2 saturated heterocycles. The van der Waals surface area contributed by atoms with Gasteiger partial charge in [0.2, 0.25) is 5.91 Å². The monoisotopic (exact) mass is 433 g/mol. The highest BCUT2D eigenvalue weighted by molar-refractivity contribution is 5.82. The number of nitriles is 1. The molecule has 0 spiro atoms. The van der Waals surface area contributed by atoms with Crippen molar-refractivity contribution in [1.82, 2.24) is 15.1 Å². The van der Waals surface area contributed by atoms with Crippen LogP contribution in [-0.4, -0.2) is 67.6 Å². The molecule has 2 aromatic carbocycles. The summed E-state index contributed by atoms with van der Waals surface area (Å²) in [7, 11) is 1.98. The van der Waals surface area contributed by atoms with Gasteiger partial charge in [-0.2, -0.15) is 5.26 Å². The second-order valence-electron chi connectivity index (χ2n) is 8.09. The standard InChI is InChI=1S/C24H29N5O.C2H6/c1-26-21-15-23(29(18-21)17-19-7-3-2-4-8-19)24(30)28-13-11-27(12-14-28)22-10-6-5-9-20(22)16-25;1-2/h2-10,21,23,26H,11-15,17-18H2,1H3;1-2H3. The van der Waals surface area contributed by atoms with E-state index < -0.39 is 0 Å². The van der Waals surface area contributed by atoms with Crippen LogP contribution in [0.4, 0.5) is 5.69 Å². The van der Waals surface area contributed by atoms with E-state index in [-0.39, 0.29) is 11.9 Å². The van der Waals surface area contributed by atoms with Crippen molar-refractivity contribution < 1.29 is 4.79 Å². The molecule has 0 aliphatic carbocycles. The third-order valence-corrected chi connectivity index (χ3v) is 6.28. The SMILES string of the molecule is CC.CNC1CC(C(=O)N2CCN(c3ccccc3C#N)CC2)N(Cc2ccccc2)C1. The molecule has 6 nitrogen and oxygen atoms in total. The van der Waals surface area contributed by atoms with Crippen molar-refractivity contribution in [2.75, 3.05) is 44.7 Å². The van der Waals surface area contributed by atoms with Gasteiger partial charge in [0.1, 0.15) is 6.07 Å². The molecule has 0 bridgehead atoms. The maximum absolute atomic E-state index is 13.4. The number of anilines is 1. The van der Waals surface area contributed by atoms with Crippen LogP contribution in [0, 0.1) is 11.3 Å². The van der Waals surface area contributed by atoms with E-state index in [0.29, 0.717) is 24.7 Å². The van der Waals surface area contributed by atoms with E-state index in [4.69, 9.17) is 0 Å². The normalized spacial score (nSPS) is 20.9. The van der Waals surface area contributed by atoms with Gasteiger partial charge in [0, 0.05) is 45.3 Å². The molecule has 2 unspecified atom stereocenters. The van der Waals surface area contributed by atoms with E-state index in [9.17, 15) is 10.1 Å². The van der Waals surface area contributed by atoms with Crippen LogP contribution in [0.1, 0.15) is 31.4 Å². The van der Waals surface area contributed by atoms with Crippen molar-refractivity contribution in [3.05, 3.63) is 65.7 Å². The lowest BCUT2D eigenvalue weighted by molar-refractivity contribution is -0.136. The lowest BCUT2D eigenvalue weighted by atomic mass is 10.1. The van der Waals surface area contributed by atoms with Gasteiger partial charge in [-0.1, -0.05) is 56.3 Å². The lowest BCUT2D eigenvalue weighted by Crippen LogP contribution is -2.53. The maximum atomic E-state index is 13.4. The number of carbonyl (C=O) groups excluding carboxylic acids is 1. The van der Waals surface area contributed by atoms with Crippen LogP contribution in [0.25, 0.3) is 0 Å². The summed E-state index contributed by atoms with van der Waals surface area (Å²) in [6.45, 7) is 8.58. The first-order valence-corrected chi connectivity index (χ1v) is 11.7. The molecule has 2 atom stereocenters. The van der Waals surface area contributed by atoms with Gasteiger partial charge in [-0.15, -0.1) is 0 Å². The van der Waals surface area contributed by atoms with Crippen molar-refractivity contribution in [2.24, 2.45) is 0 Å². The molecule has 4 rings (SSSR count). The Morgan fingerprint density at radius 2 is 1.69 bits per heavy atom.